The molecule has 0 saturated heterocycles. The van der Waals surface area contributed by atoms with Crippen LogP contribution in [0.25, 0.3) is 0 Å². The summed E-state index contributed by atoms with van der Waals surface area (Å²) in [6, 6.07) is 0. The summed E-state index contributed by atoms with van der Waals surface area (Å²) in [4.78, 5) is 0. The van der Waals surface area contributed by atoms with Gasteiger partial charge in [-0.05, 0) is 61.1 Å². The molecule has 1 aliphatic carbocycles. The second-order valence-corrected chi connectivity index (χ2v) is 5.72. The molecule has 2 heteroatoms. The van der Waals surface area contributed by atoms with Crippen LogP contribution in [0.1, 0.15) is 33.4 Å². The third kappa shape index (κ3) is 1.14. The van der Waals surface area contributed by atoms with Gasteiger partial charge in [0.25, 0.3) is 0 Å². The first-order valence-corrected chi connectivity index (χ1v) is 5.59. The summed E-state index contributed by atoms with van der Waals surface area (Å²) in [5.41, 5.74) is 7.84. The van der Waals surface area contributed by atoms with Crippen LogP contribution >= 0.6 is 23.2 Å². The van der Waals surface area contributed by atoms with Gasteiger partial charge in [-0.25, -0.2) is 0 Å². The second kappa shape index (κ2) is 2.90. The highest BCUT2D eigenvalue weighted by atomic mass is 35.5. The summed E-state index contributed by atoms with van der Waals surface area (Å²) in [6.07, 6.45) is 0.791. The van der Waals surface area contributed by atoms with Crippen molar-refractivity contribution in [1.82, 2.24) is 0 Å². The Morgan fingerprint density at radius 3 is 1.86 bits per heavy atom. The number of alkyl halides is 2. The van der Waals surface area contributed by atoms with E-state index in [1.807, 2.05) is 0 Å². The molecule has 0 spiro atoms. The summed E-state index contributed by atoms with van der Waals surface area (Å²) in [7, 11) is 0. The molecule has 0 bridgehead atoms. The predicted octanol–water partition coefficient (Wildman–Crippen LogP) is 4.11. The first-order valence-electron chi connectivity index (χ1n) is 4.84. The average Bonchev–Trinajstić information content (AvgIpc) is 2.09. The Kier molecular flexibility index (Phi) is 2.14. The molecule has 0 amide bonds. The lowest BCUT2D eigenvalue weighted by Gasteiger charge is -2.38. The van der Waals surface area contributed by atoms with Crippen molar-refractivity contribution < 1.29 is 0 Å². The third-order valence-corrected chi connectivity index (χ3v) is 4.23. The topological polar surface area (TPSA) is 0 Å². The van der Waals surface area contributed by atoms with E-state index in [1.165, 1.54) is 27.8 Å². The van der Waals surface area contributed by atoms with Crippen LogP contribution in [0.4, 0.5) is 0 Å². The molecule has 2 rings (SSSR count). The molecule has 0 heterocycles. The van der Waals surface area contributed by atoms with Gasteiger partial charge in [0.05, 0.1) is 0 Å². The number of hydrogen-bond acceptors (Lipinski definition) is 0. The molecule has 0 fully saturated rings. The Balaban J connectivity index is 2.77. The maximum absolute atomic E-state index is 6.20. The van der Waals surface area contributed by atoms with Crippen molar-refractivity contribution in [2.24, 2.45) is 0 Å². The van der Waals surface area contributed by atoms with E-state index in [1.54, 1.807) is 0 Å². The normalized spacial score (nSPS) is 17.6. The predicted molar refractivity (Wildman–Crippen MR) is 62.5 cm³/mol. The highest BCUT2D eigenvalue weighted by Crippen LogP contribution is 2.52. The van der Waals surface area contributed by atoms with E-state index in [2.05, 4.69) is 27.7 Å². The van der Waals surface area contributed by atoms with E-state index < -0.39 is 4.33 Å². The van der Waals surface area contributed by atoms with Crippen LogP contribution in [-0.2, 0) is 10.8 Å². The van der Waals surface area contributed by atoms with Gasteiger partial charge in [0.1, 0.15) is 4.33 Å². The maximum Gasteiger partial charge on any atom is 0.147 e. The average molecular weight is 229 g/mol. The summed E-state index contributed by atoms with van der Waals surface area (Å²) < 4.78 is -0.636. The van der Waals surface area contributed by atoms with Gasteiger partial charge in [-0.2, -0.15) is 0 Å². The van der Waals surface area contributed by atoms with Crippen LogP contribution in [-0.4, -0.2) is 0 Å². The minimum atomic E-state index is -0.636. The van der Waals surface area contributed by atoms with Gasteiger partial charge >= 0.3 is 0 Å². The van der Waals surface area contributed by atoms with Crippen LogP contribution < -0.4 is 0 Å². The molecule has 1 aromatic carbocycles. The van der Waals surface area contributed by atoms with Crippen molar-refractivity contribution in [3.05, 3.63) is 33.4 Å². The highest BCUT2D eigenvalue weighted by molar-refractivity contribution is 6.49. The zero-order valence-corrected chi connectivity index (χ0v) is 10.5. The van der Waals surface area contributed by atoms with E-state index in [-0.39, 0.29) is 0 Å². The minimum Gasteiger partial charge on any atom is -0.0959 e. The fourth-order valence-electron chi connectivity index (χ4n) is 2.31. The molecule has 14 heavy (non-hydrogen) atoms. The third-order valence-electron chi connectivity index (χ3n) is 3.58. The summed E-state index contributed by atoms with van der Waals surface area (Å²) in [5.74, 6) is 0. The highest BCUT2D eigenvalue weighted by Gasteiger charge is 2.42. The Morgan fingerprint density at radius 2 is 1.36 bits per heavy atom. The molecular formula is C12H14Cl2. The molecule has 0 nitrogen and oxygen atoms in total. The van der Waals surface area contributed by atoms with Gasteiger partial charge in [-0.3, -0.25) is 0 Å². The van der Waals surface area contributed by atoms with Gasteiger partial charge in [0.2, 0.25) is 0 Å². The van der Waals surface area contributed by atoms with Gasteiger partial charge < -0.3 is 0 Å². The molecule has 0 atom stereocenters. The standard InChI is InChI=1S/C12H14Cl2/c1-6-7(2)9(4)11-10(8(6)3)5-12(11,13)14/h5H2,1-4H3. The van der Waals surface area contributed by atoms with E-state index in [4.69, 9.17) is 23.2 Å². The number of fused-ring (bicyclic) bond motifs is 1. The lowest BCUT2D eigenvalue weighted by atomic mass is 9.77. The van der Waals surface area contributed by atoms with Crippen molar-refractivity contribution in [1.29, 1.82) is 0 Å². The largest absolute Gasteiger partial charge is 0.147 e. The molecule has 1 aliphatic rings. The van der Waals surface area contributed by atoms with Crippen molar-refractivity contribution in [3.63, 3.8) is 0 Å². The number of hydrogen-bond donors (Lipinski definition) is 0. The Labute approximate surface area is 95.2 Å². The lowest BCUT2D eigenvalue weighted by Crippen LogP contribution is -2.31. The number of rotatable bonds is 0. The van der Waals surface area contributed by atoms with E-state index in [0.717, 1.165) is 12.0 Å². The zero-order valence-electron chi connectivity index (χ0n) is 8.96. The van der Waals surface area contributed by atoms with Gasteiger partial charge in [-0.1, -0.05) is 23.2 Å². The second-order valence-electron chi connectivity index (χ2n) is 4.23. The van der Waals surface area contributed by atoms with Crippen LogP contribution in [0.5, 0.6) is 0 Å². The van der Waals surface area contributed by atoms with Crippen molar-refractivity contribution in [2.45, 2.75) is 38.4 Å². The molecule has 0 saturated carbocycles. The van der Waals surface area contributed by atoms with Gasteiger partial charge in [-0.15, -0.1) is 0 Å². The van der Waals surface area contributed by atoms with Crippen LogP contribution in [0, 0.1) is 27.7 Å². The first-order chi connectivity index (χ1) is 6.36. The maximum atomic E-state index is 6.20. The van der Waals surface area contributed by atoms with Gasteiger partial charge in [0.15, 0.2) is 0 Å². The van der Waals surface area contributed by atoms with E-state index in [0.29, 0.717) is 0 Å². The summed E-state index contributed by atoms with van der Waals surface area (Å²) >= 11 is 12.4. The molecule has 76 valence electrons. The molecule has 0 unspecified atom stereocenters. The Hall–Kier alpha value is -0.200. The van der Waals surface area contributed by atoms with E-state index >= 15 is 0 Å². The fraction of sp³-hybridized carbons (Fsp3) is 0.500. The van der Waals surface area contributed by atoms with Crippen molar-refractivity contribution in [3.8, 4) is 0 Å². The lowest BCUT2D eigenvalue weighted by molar-refractivity contribution is 0.708. The molecule has 0 radical (unpaired) electrons. The fourth-order valence-corrected chi connectivity index (χ4v) is 3.09. The Morgan fingerprint density at radius 1 is 0.857 bits per heavy atom. The van der Waals surface area contributed by atoms with Crippen molar-refractivity contribution >= 4 is 23.2 Å². The molecule has 0 aliphatic heterocycles. The number of halogens is 2. The quantitative estimate of drug-likeness (QED) is 0.587. The van der Waals surface area contributed by atoms with Gasteiger partial charge in [0, 0.05) is 6.42 Å². The monoisotopic (exact) mass is 228 g/mol. The smallest absolute Gasteiger partial charge is 0.0959 e. The van der Waals surface area contributed by atoms with Crippen LogP contribution in [0.3, 0.4) is 0 Å². The minimum absolute atomic E-state index is 0.636. The molecule has 0 N–H and O–H groups in total. The number of benzene rings is 1. The SMILES string of the molecule is Cc1c(C)c(C)c2c(c1C)CC2(Cl)Cl. The zero-order chi connectivity index (χ0) is 10.7. The van der Waals surface area contributed by atoms with Crippen LogP contribution in [0.2, 0.25) is 0 Å². The summed E-state index contributed by atoms with van der Waals surface area (Å²) in [5, 5.41) is 0. The molecule has 1 aromatic rings. The van der Waals surface area contributed by atoms with Crippen molar-refractivity contribution in [2.75, 3.05) is 0 Å². The summed E-state index contributed by atoms with van der Waals surface area (Å²) in [6.45, 7) is 8.57. The van der Waals surface area contributed by atoms with E-state index in [9.17, 15) is 0 Å². The Bertz CT molecular complexity index is 394. The molecular weight excluding hydrogens is 215 g/mol. The molecule has 0 aromatic heterocycles. The first kappa shape index (κ1) is 10.3. The van der Waals surface area contributed by atoms with Crippen LogP contribution in [0.15, 0.2) is 0 Å².